The van der Waals surface area contributed by atoms with Gasteiger partial charge in [0.05, 0.1) is 5.75 Å². The maximum absolute atomic E-state index is 13.7. The molecule has 0 fully saturated rings. The molecule has 0 radical (unpaired) electrons. The lowest BCUT2D eigenvalue weighted by Gasteiger charge is -2.25. The summed E-state index contributed by atoms with van der Waals surface area (Å²) in [6.45, 7) is 0.313. The van der Waals surface area contributed by atoms with Crippen LogP contribution in [0.2, 0.25) is 0 Å². The van der Waals surface area contributed by atoms with Gasteiger partial charge in [-0.15, -0.1) is 11.8 Å². The highest BCUT2D eigenvalue weighted by Crippen LogP contribution is 2.39. The van der Waals surface area contributed by atoms with E-state index in [0.29, 0.717) is 23.1 Å². The van der Waals surface area contributed by atoms with Crippen LogP contribution in [0.1, 0.15) is 34.8 Å². The predicted octanol–water partition coefficient (Wildman–Crippen LogP) is 4.59. The zero-order valence-corrected chi connectivity index (χ0v) is 14.7. The number of hydrogen-bond donors (Lipinski definition) is 0. The standard InChI is InChI=1S/C20H22FNOS/c1-22(13-16-8-3-5-11-18(16)21)20(23)14-24-19-12-6-9-15-7-2-4-10-17(15)19/h2-5,7-8,10-11,19H,6,9,12-14H2,1H3. The molecule has 1 atom stereocenters. The quantitative estimate of drug-likeness (QED) is 0.791. The molecule has 2 aromatic carbocycles. The van der Waals surface area contributed by atoms with Crippen molar-refractivity contribution in [2.45, 2.75) is 31.1 Å². The molecule has 2 aromatic rings. The van der Waals surface area contributed by atoms with Crippen molar-refractivity contribution in [3.05, 3.63) is 71.0 Å². The molecule has 0 saturated heterocycles. The molecule has 126 valence electrons. The van der Waals surface area contributed by atoms with Gasteiger partial charge in [-0.3, -0.25) is 4.79 Å². The Labute approximate surface area is 147 Å². The summed E-state index contributed by atoms with van der Waals surface area (Å²) in [6.07, 6.45) is 3.42. The smallest absolute Gasteiger partial charge is 0.232 e. The van der Waals surface area contributed by atoms with Crippen LogP contribution in [-0.2, 0) is 17.8 Å². The Kier molecular flexibility index (Phi) is 5.56. The topological polar surface area (TPSA) is 20.3 Å². The van der Waals surface area contributed by atoms with Gasteiger partial charge >= 0.3 is 0 Å². The molecule has 3 rings (SSSR count). The van der Waals surface area contributed by atoms with Crippen molar-refractivity contribution in [2.24, 2.45) is 0 Å². The molecular formula is C20H22FNOS. The number of carbonyl (C=O) groups is 1. The molecule has 0 bridgehead atoms. The second-order valence-electron chi connectivity index (χ2n) is 6.23. The average Bonchev–Trinajstić information content (AvgIpc) is 2.61. The minimum Gasteiger partial charge on any atom is -0.341 e. The summed E-state index contributed by atoms with van der Waals surface area (Å²) in [7, 11) is 1.74. The second kappa shape index (κ2) is 7.84. The first kappa shape index (κ1) is 17.0. The number of aryl methyl sites for hydroxylation is 1. The van der Waals surface area contributed by atoms with Crippen molar-refractivity contribution < 1.29 is 9.18 Å². The molecule has 0 aliphatic heterocycles. The molecule has 0 N–H and O–H groups in total. The first-order valence-corrected chi connectivity index (χ1v) is 9.37. The zero-order valence-electron chi connectivity index (χ0n) is 13.9. The van der Waals surface area contributed by atoms with Gasteiger partial charge in [0.25, 0.3) is 0 Å². The van der Waals surface area contributed by atoms with Gasteiger partial charge in [-0.05, 0) is 36.5 Å². The summed E-state index contributed by atoms with van der Waals surface area (Å²) in [5.41, 5.74) is 3.34. The number of rotatable bonds is 5. The fraction of sp³-hybridized carbons (Fsp3) is 0.350. The molecule has 1 unspecified atom stereocenters. The lowest BCUT2D eigenvalue weighted by molar-refractivity contribution is -0.127. The van der Waals surface area contributed by atoms with Gasteiger partial charge < -0.3 is 4.90 Å². The Bertz CT molecular complexity index is 718. The molecule has 1 amide bonds. The van der Waals surface area contributed by atoms with E-state index < -0.39 is 0 Å². The van der Waals surface area contributed by atoms with E-state index in [1.807, 2.05) is 0 Å². The van der Waals surface area contributed by atoms with Crippen molar-refractivity contribution in [2.75, 3.05) is 12.8 Å². The van der Waals surface area contributed by atoms with Crippen LogP contribution < -0.4 is 0 Å². The van der Waals surface area contributed by atoms with E-state index in [4.69, 9.17) is 0 Å². The van der Waals surface area contributed by atoms with E-state index in [1.54, 1.807) is 41.9 Å². The number of amides is 1. The maximum atomic E-state index is 13.7. The van der Waals surface area contributed by atoms with Crippen LogP contribution in [0.15, 0.2) is 48.5 Å². The molecule has 1 aliphatic rings. The summed E-state index contributed by atoms with van der Waals surface area (Å²) < 4.78 is 13.7. The van der Waals surface area contributed by atoms with Crippen molar-refractivity contribution in [1.82, 2.24) is 4.90 Å². The van der Waals surface area contributed by atoms with Crippen LogP contribution in [0.5, 0.6) is 0 Å². The van der Waals surface area contributed by atoms with Crippen LogP contribution in [0.3, 0.4) is 0 Å². The number of carbonyl (C=O) groups excluding carboxylic acids is 1. The van der Waals surface area contributed by atoms with Gasteiger partial charge in [0.1, 0.15) is 5.82 Å². The Hall–Kier alpha value is -1.81. The van der Waals surface area contributed by atoms with Crippen molar-refractivity contribution in [3.8, 4) is 0 Å². The van der Waals surface area contributed by atoms with E-state index in [0.717, 1.165) is 12.8 Å². The number of thioether (sulfide) groups is 1. The first-order chi connectivity index (χ1) is 11.6. The third kappa shape index (κ3) is 3.99. The van der Waals surface area contributed by atoms with Gasteiger partial charge in [0.2, 0.25) is 5.91 Å². The number of hydrogen-bond acceptors (Lipinski definition) is 2. The van der Waals surface area contributed by atoms with E-state index in [2.05, 4.69) is 24.3 Å². The lowest BCUT2D eigenvalue weighted by atomic mass is 9.91. The van der Waals surface area contributed by atoms with Gasteiger partial charge in [-0.2, -0.15) is 0 Å². The summed E-state index contributed by atoms with van der Waals surface area (Å²) in [5, 5.41) is 0.390. The summed E-state index contributed by atoms with van der Waals surface area (Å²) in [5.74, 6) is 0.224. The summed E-state index contributed by atoms with van der Waals surface area (Å²) in [6, 6.07) is 15.1. The third-order valence-electron chi connectivity index (χ3n) is 4.51. The first-order valence-electron chi connectivity index (χ1n) is 8.32. The van der Waals surface area contributed by atoms with Gasteiger partial charge in [-0.1, -0.05) is 42.5 Å². The highest BCUT2D eigenvalue weighted by atomic mass is 32.2. The summed E-state index contributed by atoms with van der Waals surface area (Å²) >= 11 is 1.71. The minimum atomic E-state index is -0.258. The van der Waals surface area contributed by atoms with Crippen molar-refractivity contribution in [3.63, 3.8) is 0 Å². The Morgan fingerprint density at radius 1 is 1.21 bits per heavy atom. The molecule has 0 heterocycles. The van der Waals surface area contributed by atoms with Crippen molar-refractivity contribution in [1.29, 1.82) is 0 Å². The zero-order chi connectivity index (χ0) is 16.9. The molecule has 2 nitrogen and oxygen atoms in total. The van der Waals surface area contributed by atoms with E-state index in [1.165, 1.54) is 23.6 Å². The highest BCUT2D eigenvalue weighted by Gasteiger charge is 2.22. The molecule has 0 spiro atoms. The minimum absolute atomic E-state index is 0.0475. The van der Waals surface area contributed by atoms with E-state index in [-0.39, 0.29) is 11.7 Å². The average molecular weight is 343 g/mol. The van der Waals surface area contributed by atoms with E-state index >= 15 is 0 Å². The lowest BCUT2D eigenvalue weighted by Crippen LogP contribution is -2.28. The van der Waals surface area contributed by atoms with Gasteiger partial charge in [0.15, 0.2) is 0 Å². The molecule has 0 saturated carbocycles. The van der Waals surface area contributed by atoms with Crippen molar-refractivity contribution >= 4 is 17.7 Å². The number of fused-ring (bicyclic) bond motifs is 1. The Balaban J connectivity index is 1.57. The Morgan fingerprint density at radius 2 is 1.96 bits per heavy atom. The Morgan fingerprint density at radius 3 is 2.79 bits per heavy atom. The summed E-state index contributed by atoms with van der Waals surface area (Å²) in [4.78, 5) is 14.0. The van der Waals surface area contributed by atoms with Gasteiger partial charge in [0, 0.05) is 24.4 Å². The predicted molar refractivity (Wildman–Crippen MR) is 97.5 cm³/mol. The van der Waals surface area contributed by atoms with Gasteiger partial charge in [-0.25, -0.2) is 4.39 Å². The fourth-order valence-corrected chi connectivity index (χ4v) is 4.44. The van der Waals surface area contributed by atoms with E-state index in [9.17, 15) is 9.18 Å². The normalized spacial score (nSPS) is 16.5. The molecular weight excluding hydrogens is 321 g/mol. The van der Waals surface area contributed by atoms with Crippen LogP contribution in [0, 0.1) is 5.82 Å². The van der Waals surface area contributed by atoms with Crippen LogP contribution in [0.25, 0.3) is 0 Å². The SMILES string of the molecule is CN(Cc1ccccc1F)C(=O)CSC1CCCc2ccccc21. The third-order valence-corrected chi connectivity index (χ3v) is 5.82. The number of halogens is 1. The highest BCUT2D eigenvalue weighted by molar-refractivity contribution is 8.00. The monoisotopic (exact) mass is 343 g/mol. The second-order valence-corrected chi connectivity index (χ2v) is 7.42. The largest absolute Gasteiger partial charge is 0.341 e. The van der Waals surface area contributed by atoms with Crippen LogP contribution in [-0.4, -0.2) is 23.6 Å². The molecule has 4 heteroatoms. The maximum Gasteiger partial charge on any atom is 0.232 e. The molecule has 1 aliphatic carbocycles. The number of nitrogens with zero attached hydrogens (tertiary/aromatic N) is 1. The molecule has 24 heavy (non-hydrogen) atoms. The fourth-order valence-electron chi connectivity index (χ4n) is 3.13. The number of benzene rings is 2. The van der Waals surface area contributed by atoms with Crippen LogP contribution in [0.4, 0.5) is 4.39 Å². The van der Waals surface area contributed by atoms with Crippen LogP contribution >= 0.6 is 11.8 Å². The molecule has 0 aromatic heterocycles.